The van der Waals surface area contributed by atoms with Crippen molar-refractivity contribution in [3.63, 3.8) is 0 Å². The van der Waals surface area contributed by atoms with Gasteiger partial charge in [0.2, 0.25) is 17.7 Å². The smallest absolute Gasteiger partial charge is 0.277 e. The number of anilines is 1. The SMILES string of the molecule is Cc1cccc(C)c1NC(=O)CNC(=O)C(C)Sc1nnc(-c2ccc(Br)cc2)o1. The number of nitrogens with one attached hydrogen (secondary N) is 2. The number of aryl methyl sites for hydroxylation is 2. The lowest BCUT2D eigenvalue weighted by molar-refractivity contribution is -0.123. The standard InChI is InChI=1S/C21H21BrN4O3S/c1-12-5-4-6-13(2)18(12)24-17(27)11-23-19(28)14(3)30-21-26-25-20(29-21)15-7-9-16(22)10-8-15/h4-10,14H,11H2,1-3H3,(H,23,28)(H,24,27). The van der Waals surface area contributed by atoms with Crippen LogP contribution in [0.3, 0.4) is 0 Å². The van der Waals surface area contributed by atoms with E-state index in [-0.39, 0.29) is 23.6 Å². The van der Waals surface area contributed by atoms with Gasteiger partial charge >= 0.3 is 0 Å². The third kappa shape index (κ3) is 5.70. The first kappa shape index (κ1) is 22.0. The summed E-state index contributed by atoms with van der Waals surface area (Å²) in [6, 6.07) is 13.3. The molecule has 0 fully saturated rings. The van der Waals surface area contributed by atoms with Gasteiger partial charge in [-0.25, -0.2) is 0 Å². The number of hydrogen-bond acceptors (Lipinski definition) is 6. The number of benzene rings is 2. The Morgan fingerprint density at radius 2 is 1.77 bits per heavy atom. The van der Waals surface area contributed by atoms with Crippen LogP contribution in [0.2, 0.25) is 0 Å². The fraction of sp³-hybridized carbons (Fsp3) is 0.238. The highest BCUT2D eigenvalue weighted by Crippen LogP contribution is 2.27. The van der Waals surface area contributed by atoms with Gasteiger partial charge in [-0.05, 0) is 56.2 Å². The number of aromatic nitrogens is 2. The maximum absolute atomic E-state index is 12.3. The Morgan fingerprint density at radius 3 is 2.43 bits per heavy atom. The fourth-order valence-corrected chi connectivity index (χ4v) is 3.65. The van der Waals surface area contributed by atoms with Gasteiger partial charge in [-0.1, -0.05) is 45.9 Å². The molecule has 2 N–H and O–H groups in total. The van der Waals surface area contributed by atoms with Crippen LogP contribution in [0.25, 0.3) is 11.5 Å². The van der Waals surface area contributed by atoms with Gasteiger partial charge in [-0.3, -0.25) is 9.59 Å². The number of rotatable bonds is 7. The van der Waals surface area contributed by atoms with Crippen molar-refractivity contribution in [2.45, 2.75) is 31.2 Å². The number of para-hydroxylation sites is 1. The molecule has 1 aromatic heterocycles. The van der Waals surface area contributed by atoms with Crippen molar-refractivity contribution in [1.29, 1.82) is 0 Å². The van der Waals surface area contributed by atoms with E-state index in [1.807, 2.05) is 56.3 Å². The predicted molar refractivity (Wildman–Crippen MR) is 120 cm³/mol. The molecule has 0 aliphatic rings. The molecule has 7 nitrogen and oxygen atoms in total. The van der Waals surface area contributed by atoms with E-state index in [1.165, 1.54) is 0 Å². The molecule has 0 aliphatic heterocycles. The number of nitrogens with zero attached hydrogens (tertiary/aromatic N) is 2. The minimum atomic E-state index is -0.504. The molecule has 2 aromatic carbocycles. The van der Waals surface area contributed by atoms with Crippen LogP contribution in [0.5, 0.6) is 0 Å². The second kappa shape index (κ2) is 9.90. The molecule has 3 aromatic rings. The van der Waals surface area contributed by atoms with Crippen molar-refractivity contribution >= 4 is 45.2 Å². The molecule has 2 amide bonds. The first-order valence-electron chi connectivity index (χ1n) is 9.23. The third-order valence-corrected chi connectivity index (χ3v) is 5.78. The number of hydrogen-bond donors (Lipinski definition) is 2. The highest BCUT2D eigenvalue weighted by molar-refractivity contribution is 9.10. The van der Waals surface area contributed by atoms with Crippen LogP contribution in [0.1, 0.15) is 18.1 Å². The predicted octanol–water partition coefficient (Wildman–Crippen LogP) is 4.35. The monoisotopic (exact) mass is 488 g/mol. The summed E-state index contributed by atoms with van der Waals surface area (Å²) in [6.07, 6.45) is 0. The Kier molecular flexibility index (Phi) is 7.28. The zero-order valence-corrected chi connectivity index (χ0v) is 19.1. The molecule has 0 radical (unpaired) electrons. The van der Waals surface area contributed by atoms with Gasteiger partial charge in [0.15, 0.2) is 0 Å². The largest absolute Gasteiger partial charge is 0.411 e. The quantitative estimate of drug-likeness (QED) is 0.479. The molecule has 0 bridgehead atoms. The third-order valence-electron chi connectivity index (χ3n) is 4.31. The second-order valence-corrected chi connectivity index (χ2v) is 8.88. The summed E-state index contributed by atoms with van der Waals surface area (Å²) in [5, 5.41) is 13.3. The number of amides is 2. The number of thioether (sulfide) groups is 1. The van der Waals surface area contributed by atoms with E-state index in [1.54, 1.807) is 6.92 Å². The number of carbonyl (C=O) groups is 2. The average molecular weight is 489 g/mol. The van der Waals surface area contributed by atoms with Crippen molar-refractivity contribution < 1.29 is 14.0 Å². The molecular weight excluding hydrogens is 468 g/mol. The van der Waals surface area contributed by atoms with Crippen LogP contribution in [0, 0.1) is 13.8 Å². The van der Waals surface area contributed by atoms with Crippen LogP contribution < -0.4 is 10.6 Å². The molecular formula is C21H21BrN4O3S. The van der Waals surface area contributed by atoms with Crippen LogP contribution >= 0.6 is 27.7 Å². The Bertz CT molecular complexity index is 1030. The first-order chi connectivity index (χ1) is 14.3. The molecule has 156 valence electrons. The van der Waals surface area contributed by atoms with E-state index in [0.717, 1.165) is 38.6 Å². The molecule has 0 spiro atoms. The molecule has 0 saturated carbocycles. The van der Waals surface area contributed by atoms with Crippen LogP contribution in [0.15, 0.2) is 56.6 Å². The summed E-state index contributed by atoms with van der Waals surface area (Å²) in [7, 11) is 0. The maximum Gasteiger partial charge on any atom is 0.277 e. The average Bonchev–Trinajstić information content (AvgIpc) is 3.18. The summed E-state index contributed by atoms with van der Waals surface area (Å²) in [4.78, 5) is 24.6. The van der Waals surface area contributed by atoms with E-state index in [2.05, 4.69) is 36.8 Å². The summed E-state index contributed by atoms with van der Waals surface area (Å²) >= 11 is 4.52. The molecule has 3 rings (SSSR count). The van der Waals surface area contributed by atoms with Crippen molar-refractivity contribution in [2.24, 2.45) is 0 Å². The highest BCUT2D eigenvalue weighted by Gasteiger charge is 2.19. The van der Waals surface area contributed by atoms with Crippen molar-refractivity contribution in [2.75, 3.05) is 11.9 Å². The van der Waals surface area contributed by atoms with Gasteiger partial charge < -0.3 is 15.1 Å². The Labute approximate surface area is 187 Å². The van der Waals surface area contributed by atoms with E-state index in [0.29, 0.717) is 5.89 Å². The lowest BCUT2D eigenvalue weighted by Crippen LogP contribution is -2.37. The Morgan fingerprint density at radius 1 is 1.10 bits per heavy atom. The summed E-state index contributed by atoms with van der Waals surface area (Å²) < 4.78 is 6.58. The van der Waals surface area contributed by atoms with E-state index < -0.39 is 5.25 Å². The molecule has 0 aliphatic carbocycles. The Balaban J connectivity index is 1.51. The van der Waals surface area contributed by atoms with Crippen LogP contribution in [0.4, 0.5) is 5.69 Å². The lowest BCUT2D eigenvalue weighted by atomic mass is 10.1. The zero-order valence-electron chi connectivity index (χ0n) is 16.7. The van der Waals surface area contributed by atoms with Gasteiger partial charge in [0.25, 0.3) is 5.22 Å². The molecule has 1 unspecified atom stereocenters. The lowest BCUT2D eigenvalue weighted by Gasteiger charge is -2.13. The molecule has 9 heteroatoms. The zero-order chi connectivity index (χ0) is 21.7. The van der Waals surface area contributed by atoms with Crippen LogP contribution in [-0.4, -0.2) is 33.8 Å². The number of halogens is 1. The Hall–Kier alpha value is -2.65. The topological polar surface area (TPSA) is 97.1 Å². The van der Waals surface area contributed by atoms with Crippen molar-refractivity contribution in [3.8, 4) is 11.5 Å². The molecule has 1 heterocycles. The molecule has 0 saturated heterocycles. The second-order valence-electron chi connectivity index (χ2n) is 6.67. The van der Waals surface area contributed by atoms with Gasteiger partial charge in [0.05, 0.1) is 11.8 Å². The normalized spacial score (nSPS) is 11.7. The van der Waals surface area contributed by atoms with E-state index >= 15 is 0 Å². The van der Waals surface area contributed by atoms with Gasteiger partial charge in [0, 0.05) is 15.7 Å². The summed E-state index contributed by atoms with van der Waals surface area (Å²) in [5.41, 5.74) is 3.50. The minimum Gasteiger partial charge on any atom is -0.411 e. The fourth-order valence-electron chi connectivity index (χ4n) is 2.68. The van der Waals surface area contributed by atoms with E-state index in [4.69, 9.17) is 4.42 Å². The van der Waals surface area contributed by atoms with E-state index in [9.17, 15) is 9.59 Å². The van der Waals surface area contributed by atoms with Gasteiger partial charge in [-0.15, -0.1) is 10.2 Å². The molecule has 30 heavy (non-hydrogen) atoms. The summed E-state index contributed by atoms with van der Waals surface area (Å²) in [5.74, 6) is -0.195. The first-order valence-corrected chi connectivity index (χ1v) is 10.9. The highest BCUT2D eigenvalue weighted by atomic mass is 79.9. The van der Waals surface area contributed by atoms with Crippen molar-refractivity contribution in [3.05, 3.63) is 58.1 Å². The number of carbonyl (C=O) groups excluding carboxylic acids is 2. The minimum absolute atomic E-state index is 0.120. The summed E-state index contributed by atoms with van der Waals surface area (Å²) in [6.45, 7) is 5.44. The van der Waals surface area contributed by atoms with Crippen LogP contribution in [-0.2, 0) is 9.59 Å². The van der Waals surface area contributed by atoms with Gasteiger partial charge in [0.1, 0.15) is 0 Å². The van der Waals surface area contributed by atoms with Gasteiger partial charge in [-0.2, -0.15) is 0 Å². The maximum atomic E-state index is 12.3. The molecule has 1 atom stereocenters. The van der Waals surface area contributed by atoms with Crippen molar-refractivity contribution in [1.82, 2.24) is 15.5 Å².